The molecule has 26 heavy (non-hydrogen) atoms. The third-order valence-electron chi connectivity index (χ3n) is 3.62. The first kappa shape index (κ1) is 17.7. The van der Waals surface area contributed by atoms with E-state index in [0.29, 0.717) is 22.2 Å². The minimum absolute atomic E-state index is 0.0774. The summed E-state index contributed by atoms with van der Waals surface area (Å²) < 4.78 is 24.1. The van der Waals surface area contributed by atoms with E-state index >= 15 is 0 Å². The van der Waals surface area contributed by atoms with Crippen LogP contribution in [0.3, 0.4) is 0 Å². The van der Waals surface area contributed by atoms with Gasteiger partial charge in [-0.3, -0.25) is 4.79 Å². The van der Waals surface area contributed by atoms with Crippen LogP contribution in [-0.4, -0.2) is 25.0 Å². The molecule has 0 saturated heterocycles. The minimum Gasteiger partial charge on any atom is -0.493 e. The number of halogens is 1. The smallest absolute Gasteiger partial charge is 0.206 e. The summed E-state index contributed by atoms with van der Waals surface area (Å²) >= 11 is 1.05. The Morgan fingerprint density at radius 3 is 2.58 bits per heavy atom. The van der Waals surface area contributed by atoms with Gasteiger partial charge in [-0.1, -0.05) is 23.5 Å². The molecule has 3 rings (SSSR count). The summed E-state index contributed by atoms with van der Waals surface area (Å²) in [5.74, 6) is 0.305. The van der Waals surface area contributed by atoms with Gasteiger partial charge in [0, 0.05) is 5.56 Å². The molecule has 134 valence electrons. The summed E-state index contributed by atoms with van der Waals surface area (Å²) in [5, 5.41) is 3.17. The molecule has 3 N–H and O–H groups in total. The van der Waals surface area contributed by atoms with Crippen molar-refractivity contribution in [2.24, 2.45) is 0 Å². The van der Waals surface area contributed by atoms with Crippen LogP contribution in [0.4, 0.5) is 21.0 Å². The maximum absolute atomic E-state index is 13.8. The maximum atomic E-state index is 13.8. The summed E-state index contributed by atoms with van der Waals surface area (Å²) in [6, 6.07) is 11.0. The number of carbonyl (C=O) groups is 1. The number of hydrogen-bond acceptors (Lipinski definition) is 7. The SMILES string of the molecule is COc1ccc(C(=O)c2sc(Nc3ccccc3F)nc2N)cc1OC. The Morgan fingerprint density at radius 2 is 1.88 bits per heavy atom. The molecule has 0 bridgehead atoms. The summed E-state index contributed by atoms with van der Waals surface area (Å²) in [6.45, 7) is 0. The Labute approximate surface area is 153 Å². The lowest BCUT2D eigenvalue weighted by Crippen LogP contribution is -2.03. The number of ether oxygens (including phenoxy) is 2. The van der Waals surface area contributed by atoms with Crippen molar-refractivity contribution in [1.82, 2.24) is 4.98 Å². The van der Waals surface area contributed by atoms with E-state index < -0.39 is 5.82 Å². The van der Waals surface area contributed by atoms with Crippen molar-refractivity contribution in [3.8, 4) is 11.5 Å². The van der Waals surface area contributed by atoms with E-state index in [9.17, 15) is 9.18 Å². The lowest BCUT2D eigenvalue weighted by atomic mass is 10.1. The summed E-state index contributed by atoms with van der Waals surface area (Å²) in [5.41, 5.74) is 6.53. The second kappa shape index (κ2) is 7.40. The van der Waals surface area contributed by atoms with Crippen LogP contribution < -0.4 is 20.5 Å². The van der Waals surface area contributed by atoms with Crippen molar-refractivity contribution in [3.63, 3.8) is 0 Å². The van der Waals surface area contributed by atoms with Crippen molar-refractivity contribution in [1.29, 1.82) is 0 Å². The number of ketones is 1. The molecule has 8 heteroatoms. The van der Waals surface area contributed by atoms with Gasteiger partial charge in [0.05, 0.1) is 19.9 Å². The molecule has 0 radical (unpaired) electrons. The first-order valence-corrected chi connectivity index (χ1v) is 8.39. The van der Waals surface area contributed by atoms with E-state index in [2.05, 4.69) is 10.3 Å². The number of methoxy groups -OCH3 is 2. The van der Waals surface area contributed by atoms with Crippen LogP contribution in [0.5, 0.6) is 11.5 Å². The topological polar surface area (TPSA) is 86.5 Å². The fourth-order valence-corrected chi connectivity index (χ4v) is 3.19. The van der Waals surface area contributed by atoms with Gasteiger partial charge in [-0.2, -0.15) is 0 Å². The van der Waals surface area contributed by atoms with Crippen LogP contribution in [0.1, 0.15) is 15.2 Å². The number of nitrogens with one attached hydrogen (secondary N) is 1. The van der Waals surface area contributed by atoms with Gasteiger partial charge in [0.2, 0.25) is 5.78 Å². The Morgan fingerprint density at radius 1 is 1.15 bits per heavy atom. The monoisotopic (exact) mass is 373 g/mol. The lowest BCUT2D eigenvalue weighted by molar-refractivity contribution is 0.104. The predicted octanol–water partition coefficient (Wildman–Crippen LogP) is 3.86. The molecule has 0 fully saturated rings. The molecule has 0 aliphatic carbocycles. The largest absolute Gasteiger partial charge is 0.493 e. The van der Waals surface area contributed by atoms with Gasteiger partial charge in [0.15, 0.2) is 16.6 Å². The van der Waals surface area contributed by atoms with E-state index in [4.69, 9.17) is 15.2 Å². The number of carbonyl (C=O) groups excluding carboxylic acids is 1. The number of rotatable bonds is 6. The van der Waals surface area contributed by atoms with Gasteiger partial charge in [0.1, 0.15) is 16.5 Å². The highest BCUT2D eigenvalue weighted by Gasteiger charge is 2.20. The van der Waals surface area contributed by atoms with E-state index in [1.54, 1.807) is 36.4 Å². The van der Waals surface area contributed by atoms with Gasteiger partial charge >= 0.3 is 0 Å². The van der Waals surface area contributed by atoms with Crippen LogP contribution in [0.2, 0.25) is 0 Å². The number of benzene rings is 2. The molecule has 0 unspecified atom stereocenters. The van der Waals surface area contributed by atoms with E-state index in [1.165, 1.54) is 20.3 Å². The third-order valence-corrected chi connectivity index (χ3v) is 4.61. The van der Waals surface area contributed by atoms with Crippen LogP contribution >= 0.6 is 11.3 Å². The van der Waals surface area contributed by atoms with Gasteiger partial charge in [-0.15, -0.1) is 0 Å². The average molecular weight is 373 g/mol. The van der Waals surface area contributed by atoms with Crippen molar-refractivity contribution >= 4 is 33.8 Å². The average Bonchev–Trinajstić information content (AvgIpc) is 3.02. The molecule has 0 amide bonds. The van der Waals surface area contributed by atoms with E-state index in [0.717, 1.165) is 11.3 Å². The molecular weight excluding hydrogens is 357 g/mol. The Bertz CT molecular complexity index is 959. The second-order valence-corrected chi connectivity index (χ2v) is 6.24. The van der Waals surface area contributed by atoms with Gasteiger partial charge < -0.3 is 20.5 Å². The third kappa shape index (κ3) is 3.45. The second-order valence-electron chi connectivity index (χ2n) is 5.24. The van der Waals surface area contributed by atoms with Crippen molar-refractivity contribution in [2.45, 2.75) is 0 Å². The molecule has 1 aromatic heterocycles. The number of nitrogen functional groups attached to an aromatic ring is 1. The minimum atomic E-state index is -0.422. The lowest BCUT2D eigenvalue weighted by Gasteiger charge is -2.08. The zero-order valence-corrected chi connectivity index (χ0v) is 14.9. The predicted molar refractivity (Wildman–Crippen MR) is 99.2 cm³/mol. The zero-order chi connectivity index (χ0) is 18.7. The van der Waals surface area contributed by atoms with E-state index in [-0.39, 0.29) is 22.2 Å². The normalized spacial score (nSPS) is 10.4. The highest BCUT2D eigenvalue weighted by Crippen LogP contribution is 2.33. The molecule has 0 aliphatic heterocycles. The molecule has 0 saturated carbocycles. The molecule has 6 nitrogen and oxygen atoms in total. The number of hydrogen-bond donors (Lipinski definition) is 2. The summed E-state index contributed by atoms with van der Waals surface area (Å²) in [7, 11) is 3.00. The van der Waals surface area contributed by atoms with Crippen molar-refractivity contribution < 1.29 is 18.7 Å². The standard InChI is InChI=1S/C18H16FN3O3S/c1-24-13-8-7-10(9-14(13)25-2)15(23)16-17(20)22-18(26-16)21-12-6-4-3-5-11(12)19/h3-9H,20H2,1-2H3,(H,21,22). The van der Waals surface area contributed by atoms with Gasteiger partial charge in [-0.05, 0) is 30.3 Å². The van der Waals surface area contributed by atoms with E-state index in [1.807, 2.05) is 0 Å². The highest BCUT2D eigenvalue weighted by molar-refractivity contribution is 7.18. The zero-order valence-electron chi connectivity index (χ0n) is 14.1. The molecule has 0 aliphatic rings. The van der Waals surface area contributed by atoms with Gasteiger partial charge in [-0.25, -0.2) is 9.37 Å². The number of para-hydroxylation sites is 1. The molecule has 0 spiro atoms. The number of nitrogens with zero attached hydrogens (tertiary/aromatic N) is 1. The number of thiazole rings is 1. The number of nitrogens with two attached hydrogens (primary N) is 1. The molecular formula is C18H16FN3O3S. The van der Waals surface area contributed by atoms with Crippen LogP contribution in [0.15, 0.2) is 42.5 Å². The quantitative estimate of drug-likeness (QED) is 0.638. The molecule has 0 atom stereocenters. The highest BCUT2D eigenvalue weighted by atomic mass is 32.1. The van der Waals surface area contributed by atoms with Crippen LogP contribution in [0, 0.1) is 5.82 Å². The van der Waals surface area contributed by atoms with Crippen LogP contribution in [-0.2, 0) is 0 Å². The fraction of sp³-hybridized carbons (Fsp3) is 0.111. The summed E-state index contributed by atoms with van der Waals surface area (Å²) in [4.78, 5) is 17.1. The first-order chi connectivity index (χ1) is 12.5. The van der Waals surface area contributed by atoms with Crippen molar-refractivity contribution in [2.75, 3.05) is 25.3 Å². The Balaban J connectivity index is 1.89. The number of aromatic nitrogens is 1. The Kier molecular flexibility index (Phi) is 5.04. The number of anilines is 3. The van der Waals surface area contributed by atoms with Gasteiger partial charge in [0.25, 0.3) is 0 Å². The first-order valence-electron chi connectivity index (χ1n) is 7.58. The Hall–Kier alpha value is -3.13. The molecule has 2 aromatic carbocycles. The van der Waals surface area contributed by atoms with Crippen molar-refractivity contribution in [3.05, 3.63) is 58.7 Å². The summed E-state index contributed by atoms with van der Waals surface area (Å²) in [6.07, 6.45) is 0. The maximum Gasteiger partial charge on any atom is 0.206 e. The molecule has 1 heterocycles. The fourth-order valence-electron chi connectivity index (χ4n) is 2.33. The molecule has 3 aromatic rings. The van der Waals surface area contributed by atoms with Crippen LogP contribution in [0.25, 0.3) is 0 Å².